The maximum atomic E-state index is 12.4. The molecule has 1 fully saturated rings. The topological polar surface area (TPSA) is 74.9 Å². The highest BCUT2D eigenvalue weighted by atomic mass is 32.1. The van der Waals surface area contributed by atoms with Crippen molar-refractivity contribution in [3.05, 3.63) is 33.7 Å². The molecular weight excluding hydrogens is 278 g/mol. The molecule has 0 radical (unpaired) electrons. The Morgan fingerprint density at radius 3 is 3.10 bits per heavy atom. The van der Waals surface area contributed by atoms with E-state index in [1.165, 1.54) is 21.9 Å². The molecule has 0 spiro atoms. The van der Waals surface area contributed by atoms with Crippen LogP contribution in [-0.4, -0.2) is 44.5 Å². The fourth-order valence-corrected chi connectivity index (χ4v) is 3.13. The van der Waals surface area contributed by atoms with Crippen LogP contribution in [0.2, 0.25) is 0 Å². The van der Waals surface area contributed by atoms with Crippen molar-refractivity contribution < 1.29 is 9.90 Å². The Morgan fingerprint density at radius 2 is 2.35 bits per heavy atom. The number of carbonyl (C=O) groups is 1. The monoisotopic (exact) mass is 293 g/mol. The number of amides is 1. The van der Waals surface area contributed by atoms with E-state index < -0.39 is 0 Å². The second-order valence-electron chi connectivity index (χ2n) is 5.12. The van der Waals surface area contributed by atoms with Gasteiger partial charge in [-0.05, 0) is 12.3 Å². The van der Waals surface area contributed by atoms with Crippen LogP contribution in [-0.2, 0) is 0 Å². The van der Waals surface area contributed by atoms with Crippen LogP contribution in [0, 0.1) is 5.92 Å². The zero-order chi connectivity index (χ0) is 14.3. The summed E-state index contributed by atoms with van der Waals surface area (Å²) in [6, 6.07) is 0. The fourth-order valence-electron chi connectivity index (χ4n) is 2.46. The Morgan fingerprint density at radius 1 is 1.55 bits per heavy atom. The number of thiazole rings is 1. The number of aliphatic hydroxyl groups is 1. The molecule has 1 aliphatic heterocycles. The number of aliphatic hydroxyl groups excluding tert-OH is 1. The molecule has 6 nitrogen and oxygen atoms in total. The van der Waals surface area contributed by atoms with Gasteiger partial charge in [-0.25, -0.2) is 4.98 Å². The van der Waals surface area contributed by atoms with Gasteiger partial charge in [-0.2, -0.15) is 0 Å². The molecule has 0 aliphatic carbocycles. The number of hydrogen-bond donors (Lipinski definition) is 1. The molecule has 1 saturated heterocycles. The van der Waals surface area contributed by atoms with Crippen LogP contribution in [0.1, 0.15) is 23.7 Å². The van der Waals surface area contributed by atoms with E-state index in [0.29, 0.717) is 24.5 Å². The molecule has 106 valence electrons. The highest BCUT2D eigenvalue weighted by Crippen LogP contribution is 2.18. The van der Waals surface area contributed by atoms with Crippen molar-refractivity contribution >= 4 is 22.2 Å². The van der Waals surface area contributed by atoms with Crippen LogP contribution in [0.4, 0.5) is 0 Å². The van der Waals surface area contributed by atoms with Crippen LogP contribution in [0.3, 0.4) is 0 Å². The Bertz CT molecular complexity index is 708. The average molecular weight is 293 g/mol. The van der Waals surface area contributed by atoms with Crippen molar-refractivity contribution in [2.75, 3.05) is 13.1 Å². The summed E-state index contributed by atoms with van der Waals surface area (Å²) >= 11 is 1.35. The minimum atomic E-state index is -0.377. The zero-order valence-electron chi connectivity index (χ0n) is 11.0. The highest BCUT2D eigenvalue weighted by molar-refractivity contribution is 7.15. The number of likely N-dealkylation sites (tertiary alicyclic amines) is 1. The van der Waals surface area contributed by atoms with Crippen LogP contribution in [0.5, 0.6) is 0 Å². The second-order valence-corrected chi connectivity index (χ2v) is 5.99. The van der Waals surface area contributed by atoms with Gasteiger partial charge in [0.2, 0.25) is 0 Å². The molecule has 1 aliphatic rings. The number of piperidine rings is 1. The van der Waals surface area contributed by atoms with Gasteiger partial charge in [-0.1, -0.05) is 6.92 Å². The van der Waals surface area contributed by atoms with Crippen molar-refractivity contribution in [2.24, 2.45) is 5.92 Å². The minimum Gasteiger partial charge on any atom is -0.393 e. The first kappa shape index (κ1) is 13.3. The summed E-state index contributed by atoms with van der Waals surface area (Å²) in [7, 11) is 0. The number of hydrogen-bond acceptors (Lipinski definition) is 5. The maximum absolute atomic E-state index is 12.4. The van der Waals surface area contributed by atoms with E-state index >= 15 is 0 Å². The molecule has 20 heavy (non-hydrogen) atoms. The molecule has 1 N–H and O–H groups in total. The first-order valence-corrected chi connectivity index (χ1v) is 7.38. The van der Waals surface area contributed by atoms with Gasteiger partial charge in [0.15, 0.2) is 4.96 Å². The summed E-state index contributed by atoms with van der Waals surface area (Å²) in [4.78, 5) is 31.0. The van der Waals surface area contributed by atoms with E-state index in [0.717, 1.165) is 0 Å². The van der Waals surface area contributed by atoms with Gasteiger partial charge < -0.3 is 10.0 Å². The lowest BCUT2D eigenvalue weighted by Gasteiger charge is -2.34. The van der Waals surface area contributed by atoms with Crippen LogP contribution in [0.15, 0.2) is 22.6 Å². The third kappa shape index (κ3) is 2.12. The lowest BCUT2D eigenvalue weighted by atomic mass is 9.96. The quantitative estimate of drug-likeness (QED) is 0.835. The molecule has 1 amide bonds. The SMILES string of the molecule is CC1CN(C(=O)c2cnc3sccn3c2=O)CCC1O. The van der Waals surface area contributed by atoms with E-state index in [1.807, 2.05) is 6.92 Å². The summed E-state index contributed by atoms with van der Waals surface area (Å²) in [6.07, 6.45) is 3.14. The third-order valence-electron chi connectivity index (χ3n) is 3.72. The highest BCUT2D eigenvalue weighted by Gasteiger charge is 2.29. The van der Waals surface area contributed by atoms with E-state index in [-0.39, 0.29) is 29.1 Å². The molecule has 2 aromatic heterocycles. The predicted octanol–water partition coefficient (Wildman–Crippen LogP) is 0.599. The van der Waals surface area contributed by atoms with Crippen LogP contribution >= 0.6 is 11.3 Å². The van der Waals surface area contributed by atoms with E-state index in [2.05, 4.69) is 4.98 Å². The number of aromatic nitrogens is 2. The first-order valence-electron chi connectivity index (χ1n) is 6.50. The van der Waals surface area contributed by atoms with Crippen molar-refractivity contribution in [1.29, 1.82) is 0 Å². The normalized spacial score (nSPS) is 23.2. The lowest BCUT2D eigenvalue weighted by Crippen LogP contribution is -2.46. The largest absolute Gasteiger partial charge is 0.393 e. The fraction of sp³-hybridized carbons (Fsp3) is 0.462. The lowest BCUT2D eigenvalue weighted by molar-refractivity contribution is 0.0296. The van der Waals surface area contributed by atoms with Gasteiger partial charge in [-0.15, -0.1) is 11.3 Å². The minimum absolute atomic E-state index is 0.0216. The van der Waals surface area contributed by atoms with Crippen LogP contribution < -0.4 is 5.56 Å². The number of carbonyl (C=O) groups excluding carboxylic acids is 1. The van der Waals surface area contributed by atoms with Gasteiger partial charge in [0, 0.05) is 30.9 Å². The van der Waals surface area contributed by atoms with E-state index in [9.17, 15) is 14.7 Å². The van der Waals surface area contributed by atoms with Crippen molar-refractivity contribution in [1.82, 2.24) is 14.3 Å². The Hall–Kier alpha value is -1.73. The van der Waals surface area contributed by atoms with E-state index in [4.69, 9.17) is 0 Å². The Labute approximate surface area is 119 Å². The van der Waals surface area contributed by atoms with Crippen molar-refractivity contribution in [3.8, 4) is 0 Å². The second kappa shape index (κ2) is 4.99. The molecule has 0 aromatic carbocycles. The van der Waals surface area contributed by atoms with Crippen LogP contribution in [0.25, 0.3) is 4.96 Å². The summed E-state index contributed by atoms with van der Waals surface area (Å²) in [5.41, 5.74) is -0.246. The van der Waals surface area contributed by atoms with Gasteiger partial charge in [0.1, 0.15) is 5.56 Å². The molecule has 3 heterocycles. The van der Waals surface area contributed by atoms with E-state index in [1.54, 1.807) is 16.5 Å². The molecule has 2 aromatic rings. The third-order valence-corrected chi connectivity index (χ3v) is 4.49. The molecular formula is C13H15N3O3S. The van der Waals surface area contributed by atoms with Crippen molar-refractivity contribution in [3.63, 3.8) is 0 Å². The number of nitrogens with zero attached hydrogens (tertiary/aromatic N) is 3. The molecule has 7 heteroatoms. The summed E-state index contributed by atoms with van der Waals surface area (Å²) < 4.78 is 1.39. The Balaban J connectivity index is 1.93. The van der Waals surface area contributed by atoms with Gasteiger partial charge in [0.25, 0.3) is 11.5 Å². The zero-order valence-corrected chi connectivity index (χ0v) is 11.8. The summed E-state index contributed by atoms with van der Waals surface area (Å²) in [6.45, 7) is 2.83. The Kier molecular flexibility index (Phi) is 3.31. The number of rotatable bonds is 1. The molecule has 2 unspecified atom stereocenters. The van der Waals surface area contributed by atoms with Gasteiger partial charge in [-0.3, -0.25) is 14.0 Å². The van der Waals surface area contributed by atoms with Crippen molar-refractivity contribution in [2.45, 2.75) is 19.4 Å². The predicted molar refractivity (Wildman–Crippen MR) is 75.0 cm³/mol. The molecule has 0 saturated carbocycles. The standard InChI is InChI=1S/C13H15N3O3S/c1-8-7-15(3-2-10(8)17)11(18)9-6-14-13-16(12(9)19)4-5-20-13/h4-6,8,10,17H,2-3,7H2,1H3. The first-order chi connectivity index (χ1) is 9.58. The van der Waals surface area contributed by atoms with Gasteiger partial charge in [0.05, 0.1) is 6.10 Å². The van der Waals surface area contributed by atoms with Gasteiger partial charge >= 0.3 is 0 Å². The maximum Gasteiger partial charge on any atom is 0.271 e. The average Bonchev–Trinajstić information content (AvgIpc) is 2.91. The number of fused-ring (bicyclic) bond motifs is 1. The molecule has 0 bridgehead atoms. The molecule has 3 rings (SSSR count). The summed E-state index contributed by atoms with van der Waals surface area (Å²) in [5.74, 6) is -0.282. The smallest absolute Gasteiger partial charge is 0.271 e. The molecule has 2 atom stereocenters. The summed E-state index contributed by atoms with van der Waals surface area (Å²) in [5, 5.41) is 11.5.